The number of amides is 1. The van der Waals surface area contributed by atoms with Gasteiger partial charge in [-0.1, -0.05) is 68.8 Å². The number of ether oxygens (including phenoxy) is 1. The molecule has 0 aliphatic carbocycles. The Morgan fingerprint density at radius 2 is 1.69 bits per heavy atom. The molecule has 0 saturated carbocycles. The average molecular weight is 554 g/mol. The highest BCUT2D eigenvalue weighted by Crippen LogP contribution is 2.36. The molecule has 39 heavy (non-hydrogen) atoms. The zero-order chi connectivity index (χ0) is 27.8. The summed E-state index contributed by atoms with van der Waals surface area (Å²) < 4.78 is 5.56. The third-order valence-electron chi connectivity index (χ3n) is 8.07. The third-order valence-corrected chi connectivity index (χ3v) is 8.30. The Hall–Kier alpha value is -2.45. The van der Waals surface area contributed by atoms with Gasteiger partial charge in [0.25, 0.3) is 0 Å². The summed E-state index contributed by atoms with van der Waals surface area (Å²) in [6.45, 7) is 14.5. The van der Waals surface area contributed by atoms with Gasteiger partial charge in [0, 0.05) is 69.6 Å². The van der Waals surface area contributed by atoms with E-state index in [0.29, 0.717) is 25.6 Å². The van der Waals surface area contributed by atoms with Gasteiger partial charge in [0.1, 0.15) is 6.61 Å². The molecule has 2 aliphatic rings. The van der Waals surface area contributed by atoms with Crippen LogP contribution in [0.4, 0.5) is 4.79 Å². The fourth-order valence-corrected chi connectivity index (χ4v) is 5.90. The van der Waals surface area contributed by atoms with E-state index in [2.05, 4.69) is 48.0 Å². The summed E-state index contributed by atoms with van der Waals surface area (Å²) in [5, 5.41) is 13.1. The first kappa shape index (κ1) is 29.5. The normalized spacial score (nSPS) is 18.6. The number of carbonyl (C=O) groups is 1. The fourth-order valence-electron chi connectivity index (χ4n) is 5.72. The smallest absolute Gasteiger partial charge is 0.410 e. The molecular weight excluding hydrogens is 510 g/mol. The van der Waals surface area contributed by atoms with E-state index in [0.717, 1.165) is 68.5 Å². The molecule has 0 aromatic heterocycles. The summed E-state index contributed by atoms with van der Waals surface area (Å²) in [7, 11) is 0. The van der Waals surface area contributed by atoms with Crippen LogP contribution in [0.3, 0.4) is 0 Å². The first-order valence-corrected chi connectivity index (χ1v) is 14.7. The lowest BCUT2D eigenvalue weighted by Gasteiger charge is -2.40. The topological polar surface area (TPSA) is 71.9 Å². The van der Waals surface area contributed by atoms with E-state index < -0.39 is 0 Å². The molecule has 2 aliphatic heterocycles. The van der Waals surface area contributed by atoms with Gasteiger partial charge in [-0.05, 0) is 47.1 Å². The summed E-state index contributed by atoms with van der Waals surface area (Å²) in [5.74, 6) is 0.668. The van der Waals surface area contributed by atoms with Crippen LogP contribution in [0.5, 0.6) is 0 Å². The fraction of sp³-hybridized carbons (Fsp3) is 0.548. The molecule has 7 nitrogen and oxygen atoms in total. The second-order valence-corrected chi connectivity index (χ2v) is 11.5. The minimum Gasteiger partial charge on any atom is -0.445 e. The van der Waals surface area contributed by atoms with Crippen LogP contribution in [0.2, 0.25) is 5.02 Å². The summed E-state index contributed by atoms with van der Waals surface area (Å²) in [4.78, 5) is 19.4. The van der Waals surface area contributed by atoms with Gasteiger partial charge in [0.2, 0.25) is 0 Å². The molecule has 2 atom stereocenters. The molecule has 2 aromatic rings. The van der Waals surface area contributed by atoms with Gasteiger partial charge in [-0.2, -0.15) is 0 Å². The van der Waals surface area contributed by atoms with E-state index in [4.69, 9.17) is 21.7 Å². The predicted octanol–water partition coefficient (Wildman–Crippen LogP) is 5.41. The van der Waals surface area contributed by atoms with Crippen molar-refractivity contribution in [3.63, 3.8) is 0 Å². The van der Waals surface area contributed by atoms with Crippen LogP contribution in [0.25, 0.3) is 0 Å². The van der Waals surface area contributed by atoms with Crippen molar-refractivity contribution in [2.24, 2.45) is 5.92 Å². The second-order valence-electron chi connectivity index (χ2n) is 11.0. The minimum absolute atomic E-state index is 0.0261. The monoisotopic (exact) mass is 553 g/mol. The van der Waals surface area contributed by atoms with Crippen molar-refractivity contribution in [3.8, 4) is 0 Å². The summed E-state index contributed by atoms with van der Waals surface area (Å²) in [6, 6.07) is 16.1. The van der Waals surface area contributed by atoms with E-state index in [1.807, 2.05) is 41.3 Å². The Bertz CT molecular complexity index is 1080. The van der Waals surface area contributed by atoms with Crippen molar-refractivity contribution in [1.82, 2.24) is 20.0 Å². The molecule has 0 bridgehead atoms. The van der Waals surface area contributed by atoms with Crippen LogP contribution >= 0.6 is 11.6 Å². The predicted molar refractivity (Wildman–Crippen MR) is 159 cm³/mol. The SMILES string of the molecule is CCC(=N)C(c1ccc(Cl)cc1[C@@H](CN1CCN(C(=O)OCc2ccccc2)CC1)C(C)C)N1CCNCC1. The number of hydrogen-bond acceptors (Lipinski definition) is 6. The largest absolute Gasteiger partial charge is 0.445 e. The Kier molecular flexibility index (Phi) is 10.8. The van der Waals surface area contributed by atoms with Crippen molar-refractivity contribution < 1.29 is 9.53 Å². The highest BCUT2D eigenvalue weighted by Gasteiger charge is 2.32. The summed E-state index contributed by atoms with van der Waals surface area (Å²) >= 11 is 6.59. The Morgan fingerprint density at radius 3 is 2.33 bits per heavy atom. The molecule has 2 aromatic carbocycles. The maximum Gasteiger partial charge on any atom is 0.410 e. The number of piperazine rings is 2. The Morgan fingerprint density at radius 1 is 1.00 bits per heavy atom. The van der Waals surface area contributed by atoms with E-state index in [1.54, 1.807) is 0 Å². The number of hydrogen-bond donors (Lipinski definition) is 2. The van der Waals surface area contributed by atoms with Crippen molar-refractivity contribution in [1.29, 1.82) is 5.41 Å². The maximum absolute atomic E-state index is 12.7. The average Bonchev–Trinajstić information content (AvgIpc) is 2.96. The minimum atomic E-state index is -0.243. The summed E-state index contributed by atoms with van der Waals surface area (Å²) in [6.07, 6.45) is 0.485. The Labute approximate surface area is 239 Å². The molecule has 2 saturated heterocycles. The van der Waals surface area contributed by atoms with Crippen LogP contribution in [-0.2, 0) is 11.3 Å². The molecule has 8 heteroatoms. The molecule has 2 fully saturated rings. The van der Waals surface area contributed by atoms with E-state index in [-0.39, 0.29) is 18.1 Å². The van der Waals surface area contributed by atoms with Gasteiger partial charge in [-0.25, -0.2) is 4.79 Å². The van der Waals surface area contributed by atoms with Crippen molar-refractivity contribution in [2.45, 2.75) is 45.8 Å². The van der Waals surface area contributed by atoms with Crippen LogP contribution in [0, 0.1) is 11.3 Å². The highest BCUT2D eigenvalue weighted by atomic mass is 35.5. The highest BCUT2D eigenvalue weighted by molar-refractivity contribution is 6.30. The molecule has 4 rings (SSSR count). The first-order chi connectivity index (χ1) is 18.9. The lowest BCUT2D eigenvalue weighted by Crippen LogP contribution is -2.50. The molecule has 0 radical (unpaired) electrons. The van der Waals surface area contributed by atoms with Gasteiger partial charge in [0.05, 0.1) is 6.04 Å². The first-order valence-electron chi connectivity index (χ1n) is 14.4. The van der Waals surface area contributed by atoms with E-state index in [9.17, 15) is 4.79 Å². The maximum atomic E-state index is 12.7. The van der Waals surface area contributed by atoms with Gasteiger partial charge >= 0.3 is 6.09 Å². The van der Waals surface area contributed by atoms with E-state index in [1.165, 1.54) is 11.1 Å². The zero-order valence-electron chi connectivity index (χ0n) is 23.7. The van der Waals surface area contributed by atoms with Crippen LogP contribution in [-0.4, -0.2) is 85.4 Å². The molecule has 1 unspecified atom stereocenters. The number of rotatable bonds is 10. The number of nitrogens with one attached hydrogen (secondary N) is 2. The number of carbonyl (C=O) groups excluding carboxylic acids is 1. The molecule has 2 heterocycles. The quantitative estimate of drug-likeness (QED) is 0.385. The van der Waals surface area contributed by atoms with Crippen LogP contribution < -0.4 is 5.32 Å². The van der Waals surface area contributed by atoms with Gasteiger partial charge in [0.15, 0.2) is 0 Å². The summed E-state index contributed by atoms with van der Waals surface area (Å²) in [5.41, 5.74) is 4.22. The number of benzene rings is 2. The van der Waals surface area contributed by atoms with Crippen molar-refractivity contribution in [3.05, 3.63) is 70.2 Å². The molecule has 1 amide bonds. The van der Waals surface area contributed by atoms with Crippen LogP contribution in [0.15, 0.2) is 48.5 Å². The molecular formula is C31H44ClN5O2. The lowest BCUT2D eigenvalue weighted by molar-refractivity contribution is 0.0689. The van der Waals surface area contributed by atoms with Crippen molar-refractivity contribution >= 4 is 23.4 Å². The van der Waals surface area contributed by atoms with E-state index >= 15 is 0 Å². The third kappa shape index (κ3) is 7.82. The molecule has 0 spiro atoms. The van der Waals surface area contributed by atoms with Gasteiger partial charge < -0.3 is 20.4 Å². The molecule has 212 valence electrons. The second kappa shape index (κ2) is 14.3. The standard InChI is InChI=1S/C31H44ClN5O2/c1-4-29(33)30(36-14-12-34-13-15-36)26-11-10-25(32)20-27(26)28(23(2)3)21-35-16-18-37(19-17-35)31(38)39-22-24-8-6-5-7-9-24/h5-11,20,23,28,30,33-34H,4,12-19,21-22H2,1-3H3/t28-,30?/m0/s1. The van der Waals surface area contributed by atoms with Crippen molar-refractivity contribution in [2.75, 3.05) is 58.9 Å². The Balaban J connectivity index is 1.45. The number of halogens is 1. The molecule has 2 N–H and O–H groups in total. The zero-order valence-corrected chi connectivity index (χ0v) is 24.4. The number of nitrogens with zero attached hydrogens (tertiary/aromatic N) is 3. The van der Waals surface area contributed by atoms with Gasteiger partial charge in [-0.15, -0.1) is 0 Å². The van der Waals surface area contributed by atoms with Gasteiger partial charge in [-0.3, -0.25) is 9.80 Å². The van der Waals surface area contributed by atoms with Crippen LogP contribution in [0.1, 0.15) is 55.8 Å². The lowest BCUT2D eigenvalue weighted by atomic mass is 9.81.